The molecule has 4 rings (SSSR count). The SMILES string of the molecule is CC1(C)CCc2nc3cc(-c4cccc(F)c4)ccc3c(=O)n2C1. The molecule has 1 aliphatic rings. The predicted molar refractivity (Wildman–Crippen MR) is 93.5 cm³/mol. The molecule has 0 fully saturated rings. The first kappa shape index (κ1) is 15.1. The van der Waals surface area contributed by atoms with Crippen molar-refractivity contribution in [1.82, 2.24) is 9.55 Å². The van der Waals surface area contributed by atoms with Crippen molar-refractivity contribution in [3.63, 3.8) is 0 Å². The van der Waals surface area contributed by atoms with Gasteiger partial charge in [-0.3, -0.25) is 9.36 Å². The molecule has 0 spiro atoms. The normalized spacial score (nSPS) is 16.1. The van der Waals surface area contributed by atoms with Gasteiger partial charge in [-0.15, -0.1) is 0 Å². The van der Waals surface area contributed by atoms with Gasteiger partial charge in [0.25, 0.3) is 5.56 Å². The molecule has 0 unspecified atom stereocenters. The Morgan fingerprint density at radius 2 is 1.92 bits per heavy atom. The molecule has 0 amide bonds. The number of aromatic nitrogens is 2. The fourth-order valence-corrected chi connectivity index (χ4v) is 3.43. The average Bonchev–Trinajstić information content (AvgIpc) is 2.55. The number of aryl methyl sites for hydroxylation is 1. The molecule has 122 valence electrons. The van der Waals surface area contributed by atoms with E-state index in [0.29, 0.717) is 17.4 Å². The van der Waals surface area contributed by atoms with E-state index in [2.05, 4.69) is 13.8 Å². The fourth-order valence-electron chi connectivity index (χ4n) is 3.43. The molecule has 2 aromatic carbocycles. The van der Waals surface area contributed by atoms with Gasteiger partial charge in [-0.1, -0.05) is 32.0 Å². The van der Waals surface area contributed by atoms with Gasteiger partial charge in [-0.25, -0.2) is 9.37 Å². The van der Waals surface area contributed by atoms with Crippen LogP contribution in [-0.2, 0) is 13.0 Å². The molecular weight excluding hydrogens is 303 g/mol. The minimum atomic E-state index is -0.270. The standard InChI is InChI=1S/C20H19FN2O/c1-20(2)9-8-18-22-17-11-14(13-4-3-5-15(21)10-13)6-7-16(17)19(24)23(18)12-20/h3-7,10-11H,8-9,12H2,1-2H3. The summed E-state index contributed by atoms with van der Waals surface area (Å²) in [6.45, 7) is 5.06. The van der Waals surface area contributed by atoms with Crippen LogP contribution in [0.15, 0.2) is 47.3 Å². The Kier molecular flexibility index (Phi) is 3.30. The lowest BCUT2D eigenvalue weighted by molar-refractivity contribution is 0.240. The number of rotatable bonds is 1. The summed E-state index contributed by atoms with van der Waals surface area (Å²) in [7, 11) is 0. The van der Waals surface area contributed by atoms with Crippen molar-refractivity contribution in [1.29, 1.82) is 0 Å². The lowest BCUT2D eigenvalue weighted by atomic mass is 9.85. The van der Waals surface area contributed by atoms with Crippen molar-refractivity contribution >= 4 is 10.9 Å². The second-order valence-corrected chi connectivity index (χ2v) is 7.33. The Bertz CT molecular complexity index is 1000. The number of hydrogen-bond acceptors (Lipinski definition) is 2. The van der Waals surface area contributed by atoms with E-state index in [1.165, 1.54) is 12.1 Å². The molecule has 3 nitrogen and oxygen atoms in total. The van der Waals surface area contributed by atoms with Crippen LogP contribution in [0.4, 0.5) is 4.39 Å². The highest BCUT2D eigenvalue weighted by Gasteiger charge is 2.27. The van der Waals surface area contributed by atoms with Crippen molar-refractivity contribution in [2.75, 3.05) is 0 Å². The molecule has 0 saturated carbocycles. The van der Waals surface area contributed by atoms with Crippen LogP contribution >= 0.6 is 0 Å². The fraction of sp³-hybridized carbons (Fsp3) is 0.300. The Balaban J connectivity index is 1.89. The molecule has 24 heavy (non-hydrogen) atoms. The molecule has 0 atom stereocenters. The third-order valence-electron chi connectivity index (χ3n) is 4.80. The van der Waals surface area contributed by atoms with E-state index in [1.54, 1.807) is 12.1 Å². The Hall–Kier alpha value is -2.49. The lowest BCUT2D eigenvalue weighted by Crippen LogP contribution is -2.36. The maximum atomic E-state index is 13.5. The van der Waals surface area contributed by atoms with Crippen LogP contribution in [0.25, 0.3) is 22.0 Å². The maximum Gasteiger partial charge on any atom is 0.261 e. The van der Waals surface area contributed by atoms with Crippen LogP contribution in [0, 0.1) is 11.2 Å². The summed E-state index contributed by atoms with van der Waals surface area (Å²) in [6, 6.07) is 12.0. The van der Waals surface area contributed by atoms with Gasteiger partial charge < -0.3 is 0 Å². The molecule has 2 heterocycles. The minimum Gasteiger partial charge on any atom is -0.296 e. The van der Waals surface area contributed by atoms with Gasteiger partial charge in [0, 0.05) is 13.0 Å². The highest BCUT2D eigenvalue weighted by atomic mass is 19.1. The van der Waals surface area contributed by atoms with Crippen LogP contribution in [0.5, 0.6) is 0 Å². The maximum absolute atomic E-state index is 13.5. The van der Waals surface area contributed by atoms with Gasteiger partial charge in [0.05, 0.1) is 10.9 Å². The molecule has 0 saturated heterocycles. The largest absolute Gasteiger partial charge is 0.296 e. The molecule has 0 bridgehead atoms. The van der Waals surface area contributed by atoms with E-state index >= 15 is 0 Å². The zero-order valence-electron chi connectivity index (χ0n) is 13.8. The molecule has 3 aromatic rings. The van der Waals surface area contributed by atoms with Crippen LogP contribution in [0.1, 0.15) is 26.1 Å². The summed E-state index contributed by atoms with van der Waals surface area (Å²) in [6.07, 6.45) is 1.83. The predicted octanol–water partition coefficient (Wildman–Crippen LogP) is 4.18. The first-order valence-corrected chi connectivity index (χ1v) is 8.22. The highest BCUT2D eigenvalue weighted by Crippen LogP contribution is 2.30. The summed E-state index contributed by atoms with van der Waals surface area (Å²) in [5, 5.41) is 0.622. The van der Waals surface area contributed by atoms with Gasteiger partial charge in [-0.05, 0) is 47.2 Å². The van der Waals surface area contributed by atoms with Crippen molar-refractivity contribution in [3.05, 3.63) is 64.5 Å². The number of hydrogen-bond donors (Lipinski definition) is 0. The van der Waals surface area contributed by atoms with Gasteiger partial charge >= 0.3 is 0 Å². The molecule has 1 aliphatic heterocycles. The molecule has 0 radical (unpaired) electrons. The monoisotopic (exact) mass is 322 g/mol. The summed E-state index contributed by atoms with van der Waals surface area (Å²) < 4.78 is 15.3. The smallest absolute Gasteiger partial charge is 0.261 e. The summed E-state index contributed by atoms with van der Waals surface area (Å²) in [5.74, 6) is 0.580. The van der Waals surface area contributed by atoms with Crippen LogP contribution < -0.4 is 5.56 Å². The first-order chi connectivity index (χ1) is 11.4. The van der Waals surface area contributed by atoms with Gasteiger partial charge in [-0.2, -0.15) is 0 Å². The third kappa shape index (κ3) is 2.52. The zero-order valence-corrected chi connectivity index (χ0v) is 13.8. The van der Waals surface area contributed by atoms with Crippen LogP contribution in [0.2, 0.25) is 0 Å². The summed E-state index contributed by atoms with van der Waals surface area (Å²) in [5.41, 5.74) is 2.49. The van der Waals surface area contributed by atoms with E-state index < -0.39 is 0 Å². The van der Waals surface area contributed by atoms with Gasteiger partial charge in [0.1, 0.15) is 11.6 Å². The highest BCUT2D eigenvalue weighted by molar-refractivity contribution is 5.83. The quantitative estimate of drug-likeness (QED) is 0.674. The summed E-state index contributed by atoms with van der Waals surface area (Å²) >= 11 is 0. The molecule has 0 N–H and O–H groups in total. The second kappa shape index (κ2) is 5.26. The molecule has 1 aromatic heterocycles. The van der Waals surface area contributed by atoms with E-state index in [4.69, 9.17) is 4.98 Å². The minimum absolute atomic E-state index is 0.0218. The number of fused-ring (bicyclic) bond motifs is 2. The molecule has 4 heteroatoms. The van der Waals surface area contributed by atoms with E-state index in [1.807, 2.05) is 22.8 Å². The number of benzene rings is 2. The topological polar surface area (TPSA) is 34.9 Å². The van der Waals surface area contributed by atoms with Crippen molar-refractivity contribution in [2.45, 2.75) is 33.2 Å². The zero-order chi connectivity index (χ0) is 16.9. The van der Waals surface area contributed by atoms with Gasteiger partial charge in [0.2, 0.25) is 0 Å². The van der Waals surface area contributed by atoms with Crippen molar-refractivity contribution in [2.24, 2.45) is 5.41 Å². The number of halogens is 1. The van der Waals surface area contributed by atoms with E-state index in [-0.39, 0.29) is 16.8 Å². The molecule has 0 aliphatic carbocycles. The van der Waals surface area contributed by atoms with Gasteiger partial charge in [0.15, 0.2) is 0 Å². The van der Waals surface area contributed by atoms with E-state index in [0.717, 1.165) is 29.8 Å². The third-order valence-corrected chi connectivity index (χ3v) is 4.80. The van der Waals surface area contributed by atoms with Crippen LogP contribution in [-0.4, -0.2) is 9.55 Å². The lowest BCUT2D eigenvalue weighted by Gasteiger charge is -2.31. The Morgan fingerprint density at radius 1 is 1.12 bits per heavy atom. The molecular formula is C20H19FN2O. The van der Waals surface area contributed by atoms with E-state index in [9.17, 15) is 9.18 Å². The average molecular weight is 322 g/mol. The summed E-state index contributed by atoms with van der Waals surface area (Å²) in [4.78, 5) is 17.5. The Morgan fingerprint density at radius 3 is 2.71 bits per heavy atom. The Labute approximate surface area is 139 Å². The van der Waals surface area contributed by atoms with Crippen molar-refractivity contribution in [3.8, 4) is 11.1 Å². The van der Waals surface area contributed by atoms with Crippen LogP contribution in [0.3, 0.4) is 0 Å². The first-order valence-electron chi connectivity index (χ1n) is 8.22. The second-order valence-electron chi connectivity index (χ2n) is 7.33. The van der Waals surface area contributed by atoms with Crippen molar-refractivity contribution < 1.29 is 4.39 Å². The number of nitrogens with zero attached hydrogens (tertiary/aromatic N) is 2.